The second-order valence-electron chi connectivity index (χ2n) is 8.77. The van der Waals surface area contributed by atoms with Crippen molar-refractivity contribution in [3.63, 3.8) is 0 Å². The van der Waals surface area contributed by atoms with Crippen LogP contribution in [0.4, 0.5) is 0 Å². The Kier molecular flexibility index (Phi) is 8.01. The average molecular weight is 379 g/mol. The minimum Gasteiger partial charge on any atom is -0.494 e. The first-order chi connectivity index (χ1) is 13.7. The van der Waals surface area contributed by atoms with E-state index < -0.39 is 0 Å². The molecular weight excluding hydrogens is 340 g/mol. The molecule has 0 fully saturated rings. The molecule has 1 nitrogen and oxygen atoms in total. The maximum absolute atomic E-state index is 5.89. The van der Waals surface area contributed by atoms with E-state index in [-0.39, 0.29) is 0 Å². The number of unbranched alkanes of at least 4 members (excludes halogenated alkanes) is 3. The predicted octanol–water partition coefficient (Wildman–Crippen LogP) is 7.85. The van der Waals surface area contributed by atoms with E-state index >= 15 is 0 Å². The molecule has 28 heavy (non-hydrogen) atoms. The minimum absolute atomic E-state index is 0.829. The molecule has 1 aliphatic carbocycles. The van der Waals surface area contributed by atoms with Crippen molar-refractivity contribution in [1.82, 2.24) is 0 Å². The van der Waals surface area contributed by atoms with Gasteiger partial charge in [0.15, 0.2) is 0 Å². The van der Waals surface area contributed by atoms with Crippen LogP contribution in [0, 0.1) is 11.8 Å². The number of rotatable bonds is 10. The molecule has 0 bridgehead atoms. The molecule has 2 unspecified atom stereocenters. The number of hydrogen-bond donors (Lipinski definition) is 0. The van der Waals surface area contributed by atoms with E-state index in [4.69, 9.17) is 4.74 Å². The number of fused-ring (bicyclic) bond motifs is 1. The largest absolute Gasteiger partial charge is 0.494 e. The molecule has 152 valence electrons. The Labute approximate surface area is 172 Å². The molecule has 0 saturated carbocycles. The zero-order chi connectivity index (χ0) is 19.8. The number of hydrogen-bond acceptors (Lipinski definition) is 1. The highest BCUT2D eigenvalue weighted by atomic mass is 16.5. The molecule has 1 aliphatic rings. The highest BCUT2D eigenvalue weighted by Gasteiger charge is 2.20. The van der Waals surface area contributed by atoms with Gasteiger partial charge in [0.2, 0.25) is 0 Å². The highest BCUT2D eigenvalue weighted by molar-refractivity contribution is 5.66. The fourth-order valence-electron chi connectivity index (χ4n) is 4.41. The normalized spacial score (nSPS) is 17.2. The van der Waals surface area contributed by atoms with Gasteiger partial charge in [-0.05, 0) is 78.3 Å². The van der Waals surface area contributed by atoms with Crippen molar-refractivity contribution < 1.29 is 4.74 Å². The van der Waals surface area contributed by atoms with Gasteiger partial charge in [0, 0.05) is 0 Å². The molecule has 0 radical (unpaired) electrons. The van der Waals surface area contributed by atoms with Crippen molar-refractivity contribution in [2.45, 2.75) is 78.6 Å². The van der Waals surface area contributed by atoms with Gasteiger partial charge >= 0.3 is 0 Å². The van der Waals surface area contributed by atoms with E-state index in [0.29, 0.717) is 0 Å². The van der Waals surface area contributed by atoms with E-state index in [2.05, 4.69) is 63.2 Å². The smallest absolute Gasteiger partial charge is 0.119 e. The Morgan fingerprint density at radius 2 is 1.71 bits per heavy atom. The van der Waals surface area contributed by atoms with Gasteiger partial charge in [0.25, 0.3) is 0 Å². The maximum Gasteiger partial charge on any atom is 0.119 e. The van der Waals surface area contributed by atoms with Crippen LogP contribution in [0.3, 0.4) is 0 Å². The van der Waals surface area contributed by atoms with Gasteiger partial charge in [-0.3, -0.25) is 0 Å². The van der Waals surface area contributed by atoms with E-state index in [1.165, 1.54) is 62.5 Å². The van der Waals surface area contributed by atoms with Crippen molar-refractivity contribution in [2.75, 3.05) is 6.61 Å². The zero-order valence-electron chi connectivity index (χ0n) is 18.2. The minimum atomic E-state index is 0.829. The van der Waals surface area contributed by atoms with Crippen LogP contribution in [-0.2, 0) is 12.8 Å². The lowest BCUT2D eigenvalue weighted by atomic mass is 9.78. The van der Waals surface area contributed by atoms with Crippen molar-refractivity contribution in [1.29, 1.82) is 0 Å². The quantitative estimate of drug-likeness (QED) is 0.382. The summed E-state index contributed by atoms with van der Waals surface area (Å²) in [6.45, 7) is 7.79. The number of benzene rings is 2. The van der Waals surface area contributed by atoms with Crippen molar-refractivity contribution in [3.05, 3.63) is 53.6 Å². The Morgan fingerprint density at radius 1 is 0.929 bits per heavy atom. The van der Waals surface area contributed by atoms with Crippen LogP contribution in [0.1, 0.15) is 76.8 Å². The SMILES string of the molecule is CCCCCCOc1ccc(-c2ccc3c(c2)CCC(CC(C)CC)C3)cc1. The van der Waals surface area contributed by atoms with Gasteiger partial charge in [-0.15, -0.1) is 0 Å². The average Bonchev–Trinajstić information content (AvgIpc) is 2.73. The number of aryl methyl sites for hydroxylation is 1. The predicted molar refractivity (Wildman–Crippen MR) is 121 cm³/mol. The van der Waals surface area contributed by atoms with Crippen LogP contribution >= 0.6 is 0 Å². The van der Waals surface area contributed by atoms with E-state index in [1.807, 2.05) is 0 Å². The van der Waals surface area contributed by atoms with Gasteiger partial charge in [-0.1, -0.05) is 76.8 Å². The standard InChI is InChI=1S/C27H38O/c1-4-6-7-8-17-28-27-15-13-23(14-16-27)25-12-11-24-19-22(18-21(3)5-2)9-10-26(24)20-25/h11-16,20-22H,4-10,17-19H2,1-3H3. The molecule has 0 heterocycles. The summed E-state index contributed by atoms with van der Waals surface area (Å²) in [6.07, 6.45) is 11.5. The summed E-state index contributed by atoms with van der Waals surface area (Å²) in [4.78, 5) is 0. The van der Waals surface area contributed by atoms with Crippen molar-refractivity contribution in [2.24, 2.45) is 11.8 Å². The summed E-state index contributed by atoms with van der Waals surface area (Å²) in [5.41, 5.74) is 5.78. The second kappa shape index (κ2) is 10.7. The third-order valence-corrected chi connectivity index (χ3v) is 6.42. The maximum atomic E-state index is 5.89. The van der Waals surface area contributed by atoms with Crippen molar-refractivity contribution >= 4 is 0 Å². The molecule has 3 rings (SSSR count). The van der Waals surface area contributed by atoms with Crippen molar-refractivity contribution in [3.8, 4) is 16.9 Å². The van der Waals surface area contributed by atoms with Crippen LogP contribution in [0.2, 0.25) is 0 Å². The van der Waals surface area contributed by atoms with Gasteiger partial charge in [-0.2, -0.15) is 0 Å². The van der Waals surface area contributed by atoms with Gasteiger partial charge < -0.3 is 4.74 Å². The number of ether oxygens (including phenoxy) is 1. The molecular formula is C27H38O. The first kappa shape index (κ1) is 21.0. The molecule has 2 atom stereocenters. The fourth-order valence-corrected chi connectivity index (χ4v) is 4.41. The third kappa shape index (κ3) is 5.87. The topological polar surface area (TPSA) is 9.23 Å². The summed E-state index contributed by atoms with van der Waals surface area (Å²) in [7, 11) is 0. The molecule has 0 saturated heterocycles. The summed E-state index contributed by atoms with van der Waals surface area (Å²) in [5, 5.41) is 0. The Hall–Kier alpha value is -1.76. The van der Waals surface area contributed by atoms with Gasteiger partial charge in [-0.25, -0.2) is 0 Å². The monoisotopic (exact) mass is 378 g/mol. The molecule has 0 amide bonds. The lowest BCUT2D eigenvalue weighted by molar-refractivity contribution is 0.305. The first-order valence-corrected chi connectivity index (χ1v) is 11.5. The lowest BCUT2D eigenvalue weighted by Gasteiger charge is -2.27. The van der Waals surface area contributed by atoms with Crippen LogP contribution < -0.4 is 4.74 Å². The second-order valence-corrected chi connectivity index (χ2v) is 8.77. The van der Waals surface area contributed by atoms with E-state index in [1.54, 1.807) is 11.1 Å². The van der Waals surface area contributed by atoms with Crippen LogP contribution in [0.25, 0.3) is 11.1 Å². The fraction of sp³-hybridized carbons (Fsp3) is 0.556. The highest BCUT2D eigenvalue weighted by Crippen LogP contribution is 2.33. The summed E-state index contributed by atoms with van der Waals surface area (Å²) in [6, 6.07) is 15.8. The first-order valence-electron chi connectivity index (χ1n) is 11.5. The van der Waals surface area contributed by atoms with Gasteiger partial charge in [0.05, 0.1) is 6.61 Å². The van der Waals surface area contributed by atoms with Crippen LogP contribution in [0.15, 0.2) is 42.5 Å². The van der Waals surface area contributed by atoms with E-state index in [0.717, 1.165) is 30.6 Å². The van der Waals surface area contributed by atoms with Crippen LogP contribution in [0.5, 0.6) is 5.75 Å². The lowest BCUT2D eigenvalue weighted by Crippen LogP contribution is -2.16. The molecule has 0 spiro atoms. The summed E-state index contributed by atoms with van der Waals surface area (Å²) >= 11 is 0. The summed E-state index contributed by atoms with van der Waals surface area (Å²) in [5.74, 6) is 2.73. The molecule has 0 N–H and O–H groups in total. The zero-order valence-corrected chi connectivity index (χ0v) is 18.2. The Balaban J connectivity index is 1.58. The molecule has 2 aromatic rings. The third-order valence-electron chi connectivity index (χ3n) is 6.42. The Bertz CT molecular complexity index is 716. The molecule has 0 aromatic heterocycles. The molecule has 0 aliphatic heterocycles. The molecule has 1 heteroatoms. The van der Waals surface area contributed by atoms with Crippen LogP contribution in [-0.4, -0.2) is 6.61 Å². The van der Waals surface area contributed by atoms with E-state index in [9.17, 15) is 0 Å². The summed E-state index contributed by atoms with van der Waals surface area (Å²) < 4.78 is 5.89. The Morgan fingerprint density at radius 3 is 2.46 bits per heavy atom. The van der Waals surface area contributed by atoms with Gasteiger partial charge in [0.1, 0.15) is 5.75 Å². The molecule has 2 aromatic carbocycles.